The van der Waals surface area contributed by atoms with Gasteiger partial charge < -0.3 is 14.2 Å². The third-order valence-electron chi connectivity index (χ3n) is 4.73. The molecular weight excluding hydrogens is 472 g/mol. The van der Waals surface area contributed by atoms with Crippen LogP contribution in [0.2, 0.25) is 0 Å². The molecular formula is C25H25BrN2O4. The van der Waals surface area contributed by atoms with Gasteiger partial charge in [-0.2, -0.15) is 5.10 Å². The Morgan fingerprint density at radius 3 is 2.53 bits per heavy atom. The summed E-state index contributed by atoms with van der Waals surface area (Å²) < 4.78 is 17.6. The first-order valence-corrected chi connectivity index (χ1v) is 10.8. The van der Waals surface area contributed by atoms with Crippen molar-refractivity contribution >= 4 is 28.1 Å². The molecule has 0 aliphatic rings. The zero-order chi connectivity index (χ0) is 22.9. The summed E-state index contributed by atoms with van der Waals surface area (Å²) in [6.45, 7) is 4.31. The van der Waals surface area contributed by atoms with Crippen LogP contribution in [0.4, 0.5) is 0 Å². The highest BCUT2D eigenvalue weighted by Crippen LogP contribution is 2.36. The maximum Gasteiger partial charge on any atom is 0.277 e. The van der Waals surface area contributed by atoms with Crippen molar-refractivity contribution in [2.45, 2.75) is 20.5 Å². The minimum atomic E-state index is -0.353. The summed E-state index contributed by atoms with van der Waals surface area (Å²) in [5, 5.41) is 4.00. The number of benzene rings is 3. The molecule has 32 heavy (non-hydrogen) atoms. The maximum atomic E-state index is 12.0. The lowest BCUT2D eigenvalue weighted by Crippen LogP contribution is -2.24. The van der Waals surface area contributed by atoms with Crippen LogP contribution in [0.15, 0.2) is 70.2 Å². The van der Waals surface area contributed by atoms with Crippen molar-refractivity contribution < 1.29 is 19.0 Å². The second-order valence-electron chi connectivity index (χ2n) is 7.14. The number of methoxy groups -OCH3 is 1. The lowest BCUT2D eigenvalue weighted by Gasteiger charge is -2.13. The fourth-order valence-electron chi connectivity index (χ4n) is 2.85. The predicted molar refractivity (Wildman–Crippen MR) is 129 cm³/mol. The first-order valence-electron chi connectivity index (χ1n) is 10.0. The summed E-state index contributed by atoms with van der Waals surface area (Å²) >= 11 is 3.52. The fourth-order valence-corrected chi connectivity index (χ4v) is 3.42. The number of ether oxygens (including phenoxy) is 3. The van der Waals surface area contributed by atoms with Gasteiger partial charge in [0.15, 0.2) is 18.1 Å². The second kappa shape index (κ2) is 11.3. The van der Waals surface area contributed by atoms with Crippen LogP contribution < -0.4 is 19.6 Å². The van der Waals surface area contributed by atoms with Crippen LogP contribution in [0.25, 0.3) is 0 Å². The molecule has 0 unspecified atom stereocenters. The Balaban J connectivity index is 1.57. The van der Waals surface area contributed by atoms with E-state index in [1.807, 2.05) is 68.4 Å². The number of rotatable bonds is 9. The molecule has 1 amide bonds. The van der Waals surface area contributed by atoms with Crippen molar-refractivity contribution in [3.8, 4) is 17.2 Å². The molecule has 0 fully saturated rings. The van der Waals surface area contributed by atoms with Gasteiger partial charge in [0.25, 0.3) is 5.91 Å². The van der Waals surface area contributed by atoms with E-state index < -0.39 is 0 Å². The predicted octanol–water partition coefficient (Wildman–Crippen LogP) is 5.18. The molecule has 0 radical (unpaired) electrons. The van der Waals surface area contributed by atoms with Crippen molar-refractivity contribution in [3.05, 3.63) is 87.4 Å². The highest BCUT2D eigenvalue weighted by atomic mass is 79.9. The SMILES string of the molecule is COc1cc(/C=N/NC(=O)COc2ccc(C)c(C)c2)cc(Br)c1OCc1ccccc1. The van der Waals surface area contributed by atoms with E-state index in [1.54, 1.807) is 13.2 Å². The van der Waals surface area contributed by atoms with Crippen LogP contribution in [-0.4, -0.2) is 25.8 Å². The Morgan fingerprint density at radius 1 is 1.03 bits per heavy atom. The zero-order valence-corrected chi connectivity index (χ0v) is 19.8. The fraction of sp³-hybridized carbons (Fsp3) is 0.200. The average Bonchev–Trinajstić information content (AvgIpc) is 2.79. The van der Waals surface area contributed by atoms with Gasteiger partial charge >= 0.3 is 0 Å². The lowest BCUT2D eigenvalue weighted by molar-refractivity contribution is -0.123. The normalized spacial score (nSPS) is 10.8. The Kier molecular flexibility index (Phi) is 8.27. The molecule has 7 heteroatoms. The molecule has 0 aromatic heterocycles. The monoisotopic (exact) mass is 496 g/mol. The minimum Gasteiger partial charge on any atom is -0.493 e. The van der Waals surface area contributed by atoms with Gasteiger partial charge in [-0.25, -0.2) is 5.43 Å². The van der Waals surface area contributed by atoms with Crippen molar-refractivity contribution in [3.63, 3.8) is 0 Å². The van der Waals surface area contributed by atoms with Crippen molar-refractivity contribution in [1.29, 1.82) is 0 Å². The quantitative estimate of drug-likeness (QED) is 0.327. The van der Waals surface area contributed by atoms with E-state index in [4.69, 9.17) is 14.2 Å². The van der Waals surface area contributed by atoms with Crippen LogP contribution >= 0.6 is 15.9 Å². The van der Waals surface area contributed by atoms with Gasteiger partial charge in [0, 0.05) is 0 Å². The summed E-state index contributed by atoms with van der Waals surface area (Å²) in [7, 11) is 1.57. The largest absolute Gasteiger partial charge is 0.493 e. The summed E-state index contributed by atoms with van der Waals surface area (Å²) in [6, 6.07) is 19.2. The molecule has 0 heterocycles. The molecule has 6 nitrogen and oxygen atoms in total. The van der Waals surface area contributed by atoms with Gasteiger partial charge in [0.1, 0.15) is 12.4 Å². The van der Waals surface area contributed by atoms with Crippen LogP contribution in [-0.2, 0) is 11.4 Å². The number of hydrogen-bond donors (Lipinski definition) is 1. The van der Waals surface area contributed by atoms with E-state index in [0.29, 0.717) is 23.9 Å². The Hall–Kier alpha value is -3.32. The number of nitrogens with zero attached hydrogens (tertiary/aromatic N) is 1. The van der Waals surface area contributed by atoms with E-state index >= 15 is 0 Å². The molecule has 0 saturated carbocycles. The van der Waals surface area contributed by atoms with Crippen molar-refractivity contribution in [2.24, 2.45) is 5.10 Å². The standard InChI is InChI=1S/C25H25BrN2O4/c1-17-9-10-21(11-18(17)2)31-16-24(29)28-27-14-20-12-22(26)25(23(13-20)30-3)32-15-19-7-5-4-6-8-19/h4-14H,15-16H2,1-3H3,(H,28,29)/b27-14+. The van der Waals surface area contributed by atoms with Crippen molar-refractivity contribution in [1.82, 2.24) is 5.43 Å². The number of amides is 1. The molecule has 1 N–H and O–H groups in total. The molecule has 0 aliphatic carbocycles. The summed E-state index contributed by atoms with van der Waals surface area (Å²) in [6.07, 6.45) is 1.53. The summed E-state index contributed by atoms with van der Waals surface area (Å²) in [5.74, 6) is 1.45. The number of hydrogen-bond acceptors (Lipinski definition) is 5. The second-order valence-corrected chi connectivity index (χ2v) is 7.99. The molecule has 0 spiro atoms. The third kappa shape index (κ3) is 6.59. The van der Waals surface area contributed by atoms with E-state index in [0.717, 1.165) is 21.2 Å². The van der Waals surface area contributed by atoms with Crippen LogP contribution in [0.3, 0.4) is 0 Å². The Morgan fingerprint density at radius 2 is 1.81 bits per heavy atom. The summed E-state index contributed by atoms with van der Waals surface area (Å²) in [4.78, 5) is 12.0. The van der Waals surface area contributed by atoms with E-state index in [-0.39, 0.29) is 12.5 Å². The van der Waals surface area contributed by atoms with Crippen LogP contribution in [0.1, 0.15) is 22.3 Å². The van der Waals surface area contributed by atoms with Gasteiger partial charge in [0.2, 0.25) is 0 Å². The number of carbonyl (C=O) groups is 1. The first kappa shape index (κ1) is 23.3. The maximum absolute atomic E-state index is 12.0. The minimum absolute atomic E-state index is 0.126. The van der Waals surface area contributed by atoms with Crippen LogP contribution in [0, 0.1) is 13.8 Å². The van der Waals surface area contributed by atoms with Gasteiger partial charge in [-0.1, -0.05) is 36.4 Å². The number of hydrazone groups is 1. The molecule has 3 rings (SSSR count). The number of halogens is 1. The summed E-state index contributed by atoms with van der Waals surface area (Å²) in [5.41, 5.74) is 6.53. The number of carbonyl (C=O) groups excluding carboxylic acids is 1. The van der Waals surface area contributed by atoms with Gasteiger partial charge in [-0.05, 0) is 76.3 Å². The Labute approximate surface area is 196 Å². The van der Waals surface area contributed by atoms with Gasteiger partial charge in [0.05, 0.1) is 17.8 Å². The topological polar surface area (TPSA) is 69.2 Å². The molecule has 3 aromatic rings. The molecule has 0 bridgehead atoms. The first-order chi connectivity index (χ1) is 15.5. The highest BCUT2D eigenvalue weighted by molar-refractivity contribution is 9.10. The van der Waals surface area contributed by atoms with Gasteiger partial charge in [-0.15, -0.1) is 0 Å². The van der Waals surface area contributed by atoms with Crippen LogP contribution in [0.5, 0.6) is 17.2 Å². The number of aryl methyl sites for hydroxylation is 2. The van der Waals surface area contributed by atoms with E-state index in [2.05, 4.69) is 26.5 Å². The number of nitrogens with one attached hydrogen (secondary N) is 1. The average molecular weight is 497 g/mol. The molecule has 0 aliphatic heterocycles. The third-order valence-corrected chi connectivity index (χ3v) is 5.32. The lowest BCUT2D eigenvalue weighted by atomic mass is 10.1. The molecule has 166 valence electrons. The van der Waals surface area contributed by atoms with E-state index in [9.17, 15) is 4.79 Å². The van der Waals surface area contributed by atoms with E-state index in [1.165, 1.54) is 11.8 Å². The molecule has 0 saturated heterocycles. The van der Waals surface area contributed by atoms with Gasteiger partial charge in [-0.3, -0.25) is 4.79 Å². The van der Waals surface area contributed by atoms with Crippen molar-refractivity contribution in [2.75, 3.05) is 13.7 Å². The molecule has 3 aromatic carbocycles. The smallest absolute Gasteiger partial charge is 0.277 e. The zero-order valence-electron chi connectivity index (χ0n) is 18.2. The highest BCUT2D eigenvalue weighted by Gasteiger charge is 2.12. The molecule has 0 atom stereocenters. The Bertz CT molecular complexity index is 1100.